The summed E-state index contributed by atoms with van der Waals surface area (Å²) in [6.07, 6.45) is 1.23. The molecule has 2 fully saturated rings. The van der Waals surface area contributed by atoms with Crippen molar-refractivity contribution in [3.05, 3.63) is 24.3 Å². The number of phenolic OH excluding ortho intramolecular Hbond substituents is 1. The first-order valence-electron chi connectivity index (χ1n) is 9.51. The number of benzene rings is 1. The Bertz CT molecular complexity index is 571. The lowest BCUT2D eigenvalue weighted by molar-refractivity contribution is -0.139. The summed E-state index contributed by atoms with van der Waals surface area (Å²) in [6, 6.07) is 7.32. The van der Waals surface area contributed by atoms with Crippen LogP contribution in [0.15, 0.2) is 24.3 Å². The zero-order valence-corrected chi connectivity index (χ0v) is 15.7. The summed E-state index contributed by atoms with van der Waals surface area (Å²) in [5.41, 5.74) is 1.13. The molecule has 0 aliphatic carbocycles. The first-order chi connectivity index (χ1) is 11.9. The third-order valence-electron chi connectivity index (χ3n) is 5.61. The summed E-state index contributed by atoms with van der Waals surface area (Å²) in [7, 11) is 0. The normalized spacial score (nSPS) is 26.5. The third-order valence-corrected chi connectivity index (χ3v) is 5.61. The Hall–Kier alpha value is -1.75. The SMILES string of the molecule is C[C@@H]1C[C@H](C)CN(C(=O)[C@@H](C)N2CCN(c3ccc(O)cc3)CC2)C1. The van der Waals surface area contributed by atoms with Crippen molar-refractivity contribution in [2.24, 2.45) is 11.8 Å². The highest BCUT2D eigenvalue weighted by atomic mass is 16.3. The van der Waals surface area contributed by atoms with Gasteiger partial charge in [-0.15, -0.1) is 0 Å². The lowest BCUT2D eigenvalue weighted by Gasteiger charge is -2.42. The maximum absolute atomic E-state index is 12.9. The molecule has 1 aromatic rings. The van der Waals surface area contributed by atoms with E-state index < -0.39 is 0 Å². The number of hydrogen-bond donors (Lipinski definition) is 1. The average molecular weight is 345 g/mol. The van der Waals surface area contributed by atoms with E-state index in [2.05, 4.69) is 35.5 Å². The van der Waals surface area contributed by atoms with E-state index >= 15 is 0 Å². The van der Waals surface area contributed by atoms with Crippen molar-refractivity contribution in [3.63, 3.8) is 0 Å². The van der Waals surface area contributed by atoms with Gasteiger partial charge < -0.3 is 14.9 Å². The highest BCUT2D eigenvalue weighted by Crippen LogP contribution is 2.23. The molecule has 1 N–H and O–H groups in total. The van der Waals surface area contributed by atoms with E-state index in [0.29, 0.717) is 17.6 Å². The van der Waals surface area contributed by atoms with E-state index in [1.165, 1.54) is 6.42 Å². The lowest BCUT2D eigenvalue weighted by Crippen LogP contribution is -2.56. The van der Waals surface area contributed by atoms with Gasteiger partial charge in [-0.2, -0.15) is 0 Å². The van der Waals surface area contributed by atoms with E-state index in [0.717, 1.165) is 45.0 Å². The molecule has 0 radical (unpaired) electrons. The van der Waals surface area contributed by atoms with Gasteiger partial charge in [-0.3, -0.25) is 9.69 Å². The summed E-state index contributed by atoms with van der Waals surface area (Å²) in [5.74, 6) is 1.79. The number of amides is 1. The van der Waals surface area contributed by atoms with Gasteiger partial charge in [-0.1, -0.05) is 13.8 Å². The molecule has 25 heavy (non-hydrogen) atoms. The van der Waals surface area contributed by atoms with E-state index in [9.17, 15) is 9.90 Å². The Labute approximate surface area is 151 Å². The van der Waals surface area contributed by atoms with Crippen LogP contribution in [0, 0.1) is 11.8 Å². The van der Waals surface area contributed by atoms with Gasteiger partial charge in [0.1, 0.15) is 5.75 Å². The predicted molar refractivity (Wildman–Crippen MR) is 101 cm³/mol. The number of aromatic hydroxyl groups is 1. The molecule has 138 valence electrons. The van der Waals surface area contributed by atoms with Crippen molar-refractivity contribution in [3.8, 4) is 5.75 Å². The minimum absolute atomic E-state index is 0.0422. The van der Waals surface area contributed by atoms with Crippen LogP contribution in [0.5, 0.6) is 5.75 Å². The summed E-state index contributed by atoms with van der Waals surface area (Å²) in [6.45, 7) is 12.0. The molecule has 2 saturated heterocycles. The number of nitrogens with zero attached hydrogens (tertiary/aromatic N) is 3. The number of piperazine rings is 1. The van der Waals surface area contributed by atoms with Crippen LogP contribution in [-0.2, 0) is 4.79 Å². The zero-order valence-electron chi connectivity index (χ0n) is 15.7. The number of hydrogen-bond acceptors (Lipinski definition) is 4. The fourth-order valence-electron chi connectivity index (χ4n) is 4.29. The van der Waals surface area contributed by atoms with Crippen LogP contribution in [0.3, 0.4) is 0 Å². The Morgan fingerprint density at radius 2 is 1.60 bits per heavy atom. The van der Waals surface area contributed by atoms with E-state index in [-0.39, 0.29) is 11.9 Å². The molecular formula is C20H31N3O2. The fourth-order valence-corrected chi connectivity index (χ4v) is 4.29. The van der Waals surface area contributed by atoms with Gasteiger partial charge in [0.25, 0.3) is 0 Å². The standard InChI is InChI=1S/C20H31N3O2/c1-15-12-16(2)14-23(13-15)20(25)17(3)21-8-10-22(11-9-21)18-4-6-19(24)7-5-18/h4-7,15-17,24H,8-14H2,1-3H3/t15-,16+,17-/m1/s1. The molecule has 3 atom stereocenters. The van der Waals surface area contributed by atoms with Crippen LogP contribution in [-0.4, -0.2) is 66.1 Å². The second-order valence-corrected chi connectivity index (χ2v) is 7.90. The van der Waals surface area contributed by atoms with Crippen molar-refractivity contribution >= 4 is 11.6 Å². The van der Waals surface area contributed by atoms with E-state index in [4.69, 9.17) is 0 Å². The van der Waals surface area contributed by atoms with Crippen molar-refractivity contribution < 1.29 is 9.90 Å². The number of phenols is 1. The maximum Gasteiger partial charge on any atom is 0.239 e. The van der Waals surface area contributed by atoms with Crippen molar-refractivity contribution in [2.45, 2.75) is 33.2 Å². The molecule has 0 spiro atoms. The Balaban J connectivity index is 1.55. The Morgan fingerprint density at radius 3 is 2.16 bits per heavy atom. The molecule has 1 amide bonds. The number of likely N-dealkylation sites (tertiary alicyclic amines) is 1. The average Bonchev–Trinajstić information content (AvgIpc) is 2.60. The van der Waals surface area contributed by atoms with Gasteiger partial charge in [0.2, 0.25) is 5.91 Å². The summed E-state index contributed by atoms with van der Waals surface area (Å²) >= 11 is 0. The molecule has 0 aromatic heterocycles. The second-order valence-electron chi connectivity index (χ2n) is 7.90. The number of carbonyl (C=O) groups excluding carboxylic acids is 1. The predicted octanol–water partition coefficient (Wildman–Crippen LogP) is 2.41. The number of anilines is 1. The lowest BCUT2D eigenvalue weighted by atomic mass is 9.91. The number of rotatable bonds is 3. The quantitative estimate of drug-likeness (QED) is 0.914. The molecule has 3 rings (SSSR count). The van der Waals surface area contributed by atoms with Gasteiger partial charge in [0.05, 0.1) is 6.04 Å². The third kappa shape index (κ3) is 4.27. The molecule has 5 nitrogen and oxygen atoms in total. The van der Waals surface area contributed by atoms with Crippen LogP contribution >= 0.6 is 0 Å². The van der Waals surface area contributed by atoms with Gasteiger partial charge in [-0.05, 0) is 49.4 Å². The van der Waals surface area contributed by atoms with Crippen LogP contribution in [0.2, 0.25) is 0 Å². The van der Waals surface area contributed by atoms with Gasteiger partial charge in [-0.25, -0.2) is 0 Å². The van der Waals surface area contributed by atoms with Crippen molar-refractivity contribution in [2.75, 3.05) is 44.2 Å². The molecule has 0 saturated carbocycles. The van der Waals surface area contributed by atoms with Gasteiger partial charge in [0.15, 0.2) is 0 Å². The maximum atomic E-state index is 12.9. The Kier molecular flexibility index (Phi) is 5.52. The molecular weight excluding hydrogens is 314 g/mol. The smallest absolute Gasteiger partial charge is 0.239 e. The molecule has 0 unspecified atom stereocenters. The van der Waals surface area contributed by atoms with Crippen LogP contribution in [0.25, 0.3) is 0 Å². The van der Waals surface area contributed by atoms with Crippen LogP contribution in [0.1, 0.15) is 27.2 Å². The van der Waals surface area contributed by atoms with Gasteiger partial charge >= 0.3 is 0 Å². The summed E-state index contributed by atoms with van der Waals surface area (Å²) in [4.78, 5) is 19.6. The highest BCUT2D eigenvalue weighted by molar-refractivity contribution is 5.81. The minimum atomic E-state index is -0.0422. The van der Waals surface area contributed by atoms with Crippen LogP contribution < -0.4 is 4.90 Å². The monoisotopic (exact) mass is 345 g/mol. The summed E-state index contributed by atoms with van der Waals surface area (Å²) in [5, 5.41) is 9.42. The Morgan fingerprint density at radius 1 is 1.04 bits per heavy atom. The first kappa shape index (κ1) is 18.1. The summed E-state index contributed by atoms with van der Waals surface area (Å²) < 4.78 is 0. The highest BCUT2D eigenvalue weighted by Gasteiger charge is 2.32. The molecule has 5 heteroatoms. The van der Waals surface area contributed by atoms with Crippen molar-refractivity contribution in [1.29, 1.82) is 0 Å². The topological polar surface area (TPSA) is 47.0 Å². The zero-order chi connectivity index (χ0) is 18.0. The molecule has 0 bridgehead atoms. The number of piperidine rings is 1. The first-order valence-corrected chi connectivity index (χ1v) is 9.51. The van der Waals surface area contributed by atoms with Crippen molar-refractivity contribution in [1.82, 2.24) is 9.80 Å². The molecule has 1 aromatic carbocycles. The van der Waals surface area contributed by atoms with E-state index in [1.807, 2.05) is 12.1 Å². The second kappa shape index (κ2) is 7.65. The molecule has 2 heterocycles. The van der Waals surface area contributed by atoms with Gasteiger partial charge in [0, 0.05) is 45.0 Å². The largest absolute Gasteiger partial charge is 0.508 e. The fraction of sp³-hybridized carbons (Fsp3) is 0.650. The van der Waals surface area contributed by atoms with Crippen LogP contribution in [0.4, 0.5) is 5.69 Å². The molecule has 2 aliphatic rings. The molecule has 2 aliphatic heterocycles. The van der Waals surface area contributed by atoms with E-state index in [1.54, 1.807) is 12.1 Å². The number of carbonyl (C=O) groups is 1. The minimum Gasteiger partial charge on any atom is -0.508 e.